The van der Waals surface area contributed by atoms with E-state index in [-0.39, 0.29) is 12.6 Å². The molecule has 2 amide bonds. The lowest BCUT2D eigenvalue weighted by atomic mass is 10.1. The molecule has 0 aliphatic carbocycles. The SMILES string of the molecule is Cc1ccnc(-c2cccc(NC(=O)NCc3ccccc3CO)c2)n1. The molecule has 6 nitrogen and oxygen atoms in total. The summed E-state index contributed by atoms with van der Waals surface area (Å²) in [5, 5.41) is 14.9. The van der Waals surface area contributed by atoms with Crippen molar-refractivity contribution < 1.29 is 9.90 Å². The summed E-state index contributed by atoms with van der Waals surface area (Å²) in [4.78, 5) is 20.8. The summed E-state index contributed by atoms with van der Waals surface area (Å²) in [7, 11) is 0. The molecule has 3 rings (SSSR count). The molecule has 0 aliphatic rings. The third-order valence-electron chi connectivity index (χ3n) is 3.90. The predicted octanol–water partition coefficient (Wildman–Crippen LogP) is 3.27. The summed E-state index contributed by atoms with van der Waals surface area (Å²) in [6, 6.07) is 16.3. The number of benzene rings is 2. The smallest absolute Gasteiger partial charge is 0.319 e. The number of aliphatic hydroxyl groups excluding tert-OH is 1. The Morgan fingerprint density at radius 2 is 1.88 bits per heavy atom. The Labute approximate surface area is 152 Å². The number of hydrogen-bond acceptors (Lipinski definition) is 4. The molecular formula is C20H20N4O2. The van der Waals surface area contributed by atoms with E-state index in [0.717, 1.165) is 22.4 Å². The predicted molar refractivity (Wildman–Crippen MR) is 100 cm³/mol. The first-order valence-corrected chi connectivity index (χ1v) is 8.28. The number of rotatable bonds is 5. The zero-order valence-corrected chi connectivity index (χ0v) is 14.4. The van der Waals surface area contributed by atoms with Crippen molar-refractivity contribution in [3.05, 3.63) is 77.6 Å². The molecule has 1 aromatic heterocycles. The first kappa shape index (κ1) is 17.6. The second-order valence-electron chi connectivity index (χ2n) is 5.84. The number of amides is 2. The maximum atomic E-state index is 12.2. The van der Waals surface area contributed by atoms with Crippen LogP contribution in [0.5, 0.6) is 0 Å². The van der Waals surface area contributed by atoms with Crippen molar-refractivity contribution in [1.82, 2.24) is 15.3 Å². The first-order chi connectivity index (χ1) is 12.7. The van der Waals surface area contributed by atoms with Crippen molar-refractivity contribution in [1.29, 1.82) is 0 Å². The minimum absolute atomic E-state index is 0.0575. The summed E-state index contributed by atoms with van der Waals surface area (Å²) in [6.45, 7) is 2.19. The Morgan fingerprint density at radius 1 is 1.08 bits per heavy atom. The molecule has 0 saturated carbocycles. The van der Waals surface area contributed by atoms with E-state index in [4.69, 9.17) is 0 Å². The van der Waals surface area contributed by atoms with Gasteiger partial charge in [-0.3, -0.25) is 0 Å². The Hall–Kier alpha value is -3.25. The largest absolute Gasteiger partial charge is 0.392 e. The van der Waals surface area contributed by atoms with E-state index in [9.17, 15) is 9.90 Å². The molecule has 0 atom stereocenters. The lowest BCUT2D eigenvalue weighted by molar-refractivity contribution is 0.251. The van der Waals surface area contributed by atoms with Crippen LogP contribution >= 0.6 is 0 Å². The van der Waals surface area contributed by atoms with Crippen molar-refractivity contribution in [3.8, 4) is 11.4 Å². The van der Waals surface area contributed by atoms with Crippen LogP contribution in [-0.2, 0) is 13.2 Å². The number of aryl methyl sites for hydroxylation is 1. The van der Waals surface area contributed by atoms with Crippen LogP contribution in [0.4, 0.5) is 10.5 Å². The average molecular weight is 348 g/mol. The van der Waals surface area contributed by atoms with E-state index in [1.54, 1.807) is 12.3 Å². The van der Waals surface area contributed by atoms with Crippen LogP contribution in [0.3, 0.4) is 0 Å². The fraction of sp³-hybridized carbons (Fsp3) is 0.150. The summed E-state index contributed by atoms with van der Waals surface area (Å²) in [5.74, 6) is 0.617. The number of carbonyl (C=O) groups excluding carboxylic acids is 1. The van der Waals surface area contributed by atoms with Crippen LogP contribution in [0.2, 0.25) is 0 Å². The average Bonchev–Trinajstić information content (AvgIpc) is 2.67. The number of anilines is 1. The Bertz CT molecular complexity index is 912. The maximum Gasteiger partial charge on any atom is 0.319 e. The second-order valence-corrected chi connectivity index (χ2v) is 5.84. The molecule has 6 heteroatoms. The molecule has 2 aromatic carbocycles. The molecular weight excluding hydrogens is 328 g/mol. The fourth-order valence-corrected chi connectivity index (χ4v) is 2.56. The highest BCUT2D eigenvalue weighted by Gasteiger charge is 2.07. The monoisotopic (exact) mass is 348 g/mol. The molecule has 0 aliphatic heterocycles. The van der Waals surface area contributed by atoms with Crippen molar-refractivity contribution in [3.63, 3.8) is 0 Å². The van der Waals surface area contributed by atoms with Gasteiger partial charge in [-0.05, 0) is 36.2 Å². The molecule has 3 aromatic rings. The number of urea groups is 1. The molecule has 0 saturated heterocycles. The molecule has 132 valence electrons. The number of nitrogens with one attached hydrogen (secondary N) is 2. The van der Waals surface area contributed by atoms with Crippen molar-refractivity contribution in [2.75, 3.05) is 5.32 Å². The van der Waals surface area contributed by atoms with Gasteiger partial charge >= 0.3 is 6.03 Å². The number of hydrogen-bond donors (Lipinski definition) is 3. The normalized spacial score (nSPS) is 10.4. The Morgan fingerprint density at radius 3 is 2.65 bits per heavy atom. The van der Waals surface area contributed by atoms with Gasteiger partial charge in [-0.1, -0.05) is 36.4 Å². The van der Waals surface area contributed by atoms with Gasteiger partial charge in [0.05, 0.1) is 6.61 Å². The quantitative estimate of drug-likeness (QED) is 0.660. The van der Waals surface area contributed by atoms with Crippen LogP contribution < -0.4 is 10.6 Å². The van der Waals surface area contributed by atoms with Crippen molar-refractivity contribution in [2.24, 2.45) is 0 Å². The molecule has 3 N–H and O–H groups in total. The van der Waals surface area contributed by atoms with Crippen molar-refractivity contribution in [2.45, 2.75) is 20.1 Å². The zero-order valence-electron chi connectivity index (χ0n) is 14.4. The molecule has 0 bridgehead atoms. The van der Waals surface area contributed by atoms with Crippen LogP contribution in [0.25, 0.3) is 11.4 Å². The van der Waals surface area contributed by atoms with Gasteiger partial charge in [-0.2, -0.15) is 0 Å². The maximum absolute atomic E-state index is 12.2. The van der Waals surface area contributed by atoms with E-state index < -0.39 is 0 Å². The van der Waals surface area contributed by atoms with Gasteiger partial charge in [0.1, 0.15) is 0 Å². The van der Waals surface area contributed by atoms with Gasteiger partial charge in [0.2, 0.25) is 0 Å². The Kier molecular flexibility index (Phi) is 5.56. The van der Waals surface area contributed by atoms with Gasteiger partial charge < -0.3 is 15.7 Å². The molecule has 1 heterocycles. The molecule has 0 spiro atoms. The number of nitrogens with zero attached hydrogens (tertiary/aromatic N) is 2. The number of aromatic nitrogens is 2. The summed E-state index contributed by atoms with van der Waals surface area (Å²) < 4.78 is 0. The van der Waals surface area contributed by atoms with E-state index in [1.165, 1.54) is 0 Å². The summed E-state index contributed by atoms with van der Waals surface area (Å²) >= 11 is 0. The third kappa shape index (κ3) is 4.43. The van der Waals surface area contributed by atoms with Crippen molar-refractivity contribution >= 4 is 11.7 Å². The highest BCUT2D eigenvalue weighted by Crippen LogP contribution is 2.19. The number of carbonyl (C=O) groups is 1. The zero-order chi connectivity index (χ0) is 18.4. The van der Waals surface area contributed by atoms with Gasteiger partial charge in [-0.15, -0.1) is 0 Å². The van der Waals surface area contributed by atoms with Gasteiger partial charge in [0, 0.05) is 29.7 Å². The van der Waals surface area contributed by atoms with Gasteiger partial charge in [0.15, 0.2) is 5.82 Å². The molecule has 26 heavy (non-hydrogen) atoms. The van der Waals surface area contributed by atoms with E-state index in [0.29, 0.717) is 18.1 Å². The molecule has 0 unspecified atom stereocenters. The summed E-state index contributed by atoms with van der Waals surface area (Å²) in [6.07, 6.45) is 1.71. The fourth-order valence-electron chi connectivity index (χ4n) is 2.56. The number of aliphatic hydroxyl groups is 1. The van der Waals surface area contributed by atoms with Crippen LogP contribution in [0.15, 0.2) is 60.8 Å². The van der Waals surface area contributed by atoms with Gasteiger partial charge in [-0.25, -0.2) is 14.8 Å². The van der Waals surface area contributed by atoms with E-state index in [1.807, 2.05) is 55.5 Å². The Balaban J connectivity index is 1.65. The topological polar surface area (TPSA) is 87.1 Å². The minimum atomic E-state index is -0.319. The van der Waals surface area contributed by atoms with Crippen LogP contribution in [0, 0.1) is 6.92 Å². The van der Waals surface area contributed by atoms with Crippen LogP contribution in [0.1, 0.15) is 16.8 Å². The highest BCUT2D eigenvalue weighted by atomic mass is 16.3. The summed E-state index contributed by atoms with van der Waals surface area (Å²) in [5.41, 5.74) is 4.05. The van der Waals surface area contributed by atoms with Gasteiger partial charge in [0.25, 0.3) is 0 Å². The first-order valence-electron chi connectivity index (χ1n) is 8.28. The lowest BCUT2D eigenvalue weighted by Crippen LogP contribution is -2.28. The van der Waals surface area contributed by atoms with E-state index >= 15 is 0 Å². The van der Waals surface area contributed by atoms with Crippen LogP contribution in [-0.4, -0.2) is 21.1 Å². The highest BCUT2D eigenvalue weighted by molar-refractivity contribution is 5.89. The molecule has 0 radical (unpaired) electrons. The molecule has 0 fully saturated rings. The lowest BCUT2D eigenvalue weighted by Gasteiger charge is -2.11. The standard InChI is InChI=1S/C20H20N4O2/c1-14-9-10-21-19(23-14)15-7-4-8-18(11-15)24-20(26)22-12-16-5-2-3-6-17(16)13-25/h2-11,25H,12-13H2,1H3,(H2,22,24,26). The minimum Gasteiger partial charge on any atom is -0.392 e. The van der Waals surface area contributed by atoms with E-state index in [2.05, 4.69) is 20.6 Å². The second kappa shape index (κ2) is 8.22. The third-order valence-corrected chi connectivity index (χ3v) is 3.90.